The van der Waals surface area contributed by atoms with Crippen molar-refractivity contribution in [2.24, 2.45) is 11.0 Å². The number of amides is 2. The van der Waals surface area contributed by atoms with E-state index in [4.69, 9.17) is 0 Å². The Balaban J connectivity index is 1.40. The highest BCUT2D eigenvalue weighted by Gasteiger charge is 2.21. The molecular formula is C26H27N3O2. The number of benzene rings is 3. The van der Waals surface area contributed by atoms with E-state index in [1.807, 2.05) is 67.6 Å². The van der Waals surface area contributed by atoms with Gasteiger partial charge < -0.3 is 5.32 Å². The van der Waals surface area contributed by atoms with Crippen molar-refractivity contribution >= 4 is 34.0 Å². The molecule has 0 saturated heterocycles. The molecule has 158 valence electrons. The summed E-state index contributed by atoms with van der Waals surface area (Å²) < 4.78 is 0. The third-order valence-electron chi connectivity index (χ3n) is 5.91. The summed E-state index contributed by atoms with van der Waals surface area (Å²) in [7, 11) is 0. The second-order valence-corrected chi connectivity index (χ2v) is 8.07. The number of rotatable bonds is 5. The van der Waals surface area contributed by atoms with Gasteiger partial charge in [0.1, 0.15) is 0 Å². The molecule has 0 unspecified atom stereocenters. The molecule has 3 aromatic rings. The number of nitrogens with one attached hydrogen (secondary N) is 2. The van der Waals surface area contributed by atoms with Crippen molar-refractivity contribution in [2.75, 3.05) is 5.32 Å². The summed E-state index contributed by atoms with van der Waals surface area (Å²) >= 11 is 0. The summed E-state index contributed by atoms with van der Waals surface area (Å²) in [5, 5.41) is 9.20. The molecule has 0 radical (unpaired) electrons. The van der Waals surface area contributed by atoms with Crippen LogP contribution in [0.3, 0.4) is 0 Å². The van der Waals surface area contributed by atoms with Gasteiger partial charge in [-0.2, -0.15) is 5.10 Å². The Bertz CT molecular complexity index is 1110. The molecule has 0 aromatic heterocycles. The SMILES string of the molecule is C/C(=N/NC(=O)c1cccc2ccccc12)c1ccc(NC(=O)C2CCCCC2)cc1. The van der Waals surface area contributed by atoms with Crippen LogP contribution in [0.2, 0.25) is 0 Å². The van der Waals surface area contributed by atoms with Crippen molar-refractivity contribution in [3.05, 3.63) is 77.9 Å². The van der Waals surface area contributed by atoms with E-state index in [-0.39, 0.29) is 17.7 Å². The van der Waals surface area contributed by atoms with Crippen LogP contribution in [0.5, 0.6) is 0 Å². The topological polar surface area (TPSA) is 70.6 Å². The van der Waals surface area contributed by atoms with E-state index in [9.17, 15) is 9.59 Å². The average Bonchev–Trinajstić information content (AvgIpc) is 2.83. The molecule has 2 N–H and O–H groups in total. The Kier molecular flexibility index (Phi) is 6.41. The molecule has 3 aromatic carbocycles. The van der Waals surface area contributed by atoms with Crippen molar-refractivity contribution < 1.29 is 9.59 Å². The van der Waals surface area contributed by atoms with Crippen molar-refractivity contribution in [1.29, 1.82) is 0 Å². The molecule has 0 bridgehead atoms. The summed E-state index contributed by atoms with van der Waals surface area (Å²) in [5.74, 6) is -0.00582. The van der Waals surface area contributed by atoms with Crippen LogP contribution in [0.1, 0.15) is 54.9 Å². The normalized spacial score (nSPS) is 14.9. The molecule has 1 fully saturated rings. The Labute approximate surface area is 182 Å². The molecule has 1 aliphatic carbocycles. The summed E-state index contributed by atoms with van der Waals surface area (Å²) in [5.41, 5.74) is 5.61. The quantitative estimate of drug-likeness (QED) is 0.427. The molecule has 4 rings (SSSR count). The van der Waals surface area contributed by atoms with E-state index >= 15 is 0 Å². The van der Waals surface area contributed by atoms with Gasteiger partial charge >= 0.3 is 0 Å². The van der Waals surface area contributed by atoms with Crippen molar-refractivity contribution in [3.8, 4) is 0 Å². The zero-order chi connectivity index (χ0) is 21.6. The van der Waals surface area contributed by atoms with Gasteiger partial charge in [0.2, 0.25) is 5.91 Å². The van der Waals surface area contributed by atoms with Crippen molar-refractivity contribution in [1.82, 2.24) is 5.43 Å². The Morgan fingerprint density at radius 2 is 1.58 bits per heavy atom. The number of carbonyl (C=O) groups is 2. The molecule has 1 aliphatic rings. The summed E-state index contributed by atoms with van der Waals surface area (Å²) in [6.07, 6.45) is 5.46. The molecule has 5 nitrogen and oxygen atoms in total. The van der Waals surface area contributed by atoms with E-state index in [1.165, 1.54) is 6.42 Å². The lowest BCUT2D eigenvalue weighted by atomic mass is 9.88. The maximum atomic E-state index is 12.7. The Morgan fingerprint density at radius 1 is 0.871 bits per heavy atom. The predicted molar refractivity (Wildman–Crippen MR) is 125 cm³/mol. The van der Waals surface area contributed by atoms with Gasteiger partial charge in [-0.1, -0.05) is 67.8 Å². The highest BCUT2D eigenvalue weighted by molar-refractivity contribution is 6.08. The second kappa shape index (κ2) is 9.56. The zero-order valence-electron chi connectivity index (χ0n) is 17.7. The van der Waals surface area contributed by atoms with Gasteiger partial charge in [-0.3, -0.25) is 9.59 Å². The van der Waals surface area contributed by atoms with Gasteiger partial charge in [0.15, 0.2) is 0 Å². The fourth-order valence-corrected chi connectivity index (χ4v) is 4.09. The van der Waals surface area contributed by atoms with E-state index in [2.05, 4.69) is 15.8 Å². The first-order chi connectivity index (χ1) is 15.1. The largest absolute Gasteiger partial charge is 0.326 e. The molecule has 1 saturated carbocycles. The van der Waals surface area contributed by atoms with Crippen LogP contribution in [0.15, 0.2) is 71.8 Å². The van der Waals surface area contributed by atoms with E-state index < -0.39 is 0 Å². The van der Waals surface area contributed by atoms with Crippen LogP contribution in [0.25, 0.3) is 10.8 Å². The van der Waals surface area contributed by atoms with Crippen LogP contribution in [-0.4, -0.2) is 17.5 Å². The zero-order valence-corrected chi connectivity index (χ0v) is 17.7. The van der Waals surface area contributed by atoms with Crippen molar-refractivity contribution in [2.45, 2.75) is 39.0 Å². The fourth-order valence-electron chi connectivity index (χ4n) is 4.09. The highest BCUT2D eigenvalue weighted by Crippen LogP contribution is 2.25. The van der Waals surface area contributed by atoms with E-state index in [0.717, 1.165) is 47.7 Å². The van der Waals surface area contributed by atoms with Crippen LogP contribution < -0.4 is 10.7 Å². The van der Waals surface area contributed by atoms with Crippen LogP contribution in [0.4, 0.5) is 5.69 Å². The number of carbonyl (C=O) groups excluding carboxylic acids is 2. The third kappa shape index (κ3) is 5.00. The smallest absolute Gasteiger partial charge is 0.272 e. The Morgan fingerprint density at radius 3 is 2.35 bits per heavy atom. The molecule has 5 heteroatoms. The highest BCUT2D eigenvalue weighted by atomic mass is 16.2. The van der Waals surface area contributed by atoms with Gasteiger partial charge in [0.05, 0.1) is 5.71 Å². The van der Waals surface area contributed by atoms with Gasteiger partial charge in [-0.15, -0.1) is 0 Å². The average molecular weight is 414 g/mol. The fraction of sp³-hybridized carbons (Fsp3) is 0.269. The number of hydrogen-bond donors (Lipinski definition) is 2. The van der Waals surface area contributed by atoms with E-state index in [1.54, 1.807) is 6.07 Å². The third-order valence-corrected chi connectivity index (χ3v) is 5.91. The Hall–Kier alpha value is -3.47. The molecule has 31 heavy (non-hydrogen) atoms. The molecule has 0 heterocycles. The molecular weight excluding hydrogens is 386 g/mol. The number of hydrazone groups is 1. The van der Waals surface area contributed by atoms with E-state index in [0.29, 0.717) is 11.3 Å². The lowest BCUT2D eigenvalue weighted by Gasteiger charge is -2.20. The van der Waals surface area contributed by atoms with Gasteiger partial charge in [0, 0.05) is 17.2 Å². The minimum absolute atomic E-state index is 0.111. The minimum atomic E-state index is -0.243. The maximum Gasteiger partial charge on any atom is 0.272 e. The number of nitrogens with zero attached hydrogens (tertiary/aromatic N) is 1. The number of anilines is 1. The molecule has 0 atom stereocenters. The first kappa shape index (κ1) is 20.8. The van der Waals surface area contributed by atoms with Crippen LogP contribution >= 0.6 is 0 Å². The van der Waals surface area contributed by atoms with Crippen LogP contribution in [0, 0.1) is 5.92 Å². The summed E-state index contributed by atoms with van der Waals surface area (Å²) in [6.45, 7) is 1.85. The lowest BCUT2D eigenvalue weighted by Crippen LogP contribution is -2.24. The molecule has 0 aliphatic heterocycles. The van der Waals surface area contributed by atoms with Gasteiger partial charge in [-0.25, -0.2) is 5.43 Å². The summed E-state index contributed by atoms with van der Waals surface area (Å²) in [6, 6.07) is 21.0. The first-order valence-corrected chi connectivity index (χ1v) is 10.9. The number of fused-ring (bicyclic) bond motifs is 1. The standard InChI is InChI=1S/C26H27N3O2/c1-18(28-29-26(31)24-13-7-11-20-8-5-6-12-23(20)24)19-14-16-22(17-15-19)27-25(30)21-9-3-2-4-10-21/h5-8,11-17,21H,2-4,9-10H2,1H3,(H,27,30)(H,29,31)/b28-18-. The summed E-state index contributed by atoms with van der Waals surface area (Å²) in [4.78, 5) is 25.1. The molecule has 2 amide bonds. The predicted octanol–water partition coefficient (Wildman–Crippen LogP) is 5.51. The monoisotopic (exact) mass is 413 g/mol. The number of hydrogen-bond acceptors (Lipinski definition) is 3. The lowest BCUT2D eigenvalue weighted by molar-refractivity contribution is -0.120. The second-order valence-electron chi connectivity index (χ2n) is 8.07. The first-order valence-electron chi connectivity index (χ1n) is 10.9. The van der Waals surface area contributed by atoms with Crippen LogP contribution in [-0.2, 0) is 4.79 Å². The van der Waals surface area contributed by atoms with Crippen molar-refractivity contribution in [3.63, 3.8) is 0 Å². The van der Waals surface area contributed by atoms with Gasteiger partial charge in [0.25, 0.3) is 5.91 Å². The minimum Gasteiger partial charge on any atom is -0.326 e. The van der Waals surface area contributed by atoms with Gasteiger partial charge in [-0.05, 0) is 54.3 Å². The maximum absolute atomic E-state index is 12.7. The molecule has 0 spiro atoms.